The van der Waals surface area contributed by atoms with Crippen molar-refractivity contribution in [3.63, 3.8) is 0 Å². The SMILES string of the molecule is NC(=O)c1ccc(Br)nc1N. The number of nitrogen functional groups attached to an aromatic ring is 1. The predicted molar refractivity (Wildman–Crippen MR) is 44.9 cm³/mol. The van der Waals surface area contributed by atoms with Crippen LogP contribution in [0.5, 0.6) is 0 Å². The van der Waals surface area contributed by atoms with Crippen LogP contribution in [0.2, 0.25) is 0 Å². The number of nitrogens with zero attached hydrogens (tertiary/aromatic N) is 1. The van der Waals surface area contributed by atoms with Crippen LogP contribution >= 0.6 is 15.9 Å². The number of amides is 1. The molecule has 0 fully saturated rings. The Bertz CT molecular complexity index is 300. The van der Waals surface area contributed by atoms with Crippen molar-refractivity contribution in [2.45, 2.75) is 0 Å². The van der Waals surface area contributed by atoms with E-state index in [1.54, 1.807) is 6.07 Å². The lowest BCUT2D eigenvalue weighted by Gasteiger charge is -1.98. The van der Waals surface area contributed by atoms with Crippen molar-refractivity contribution in [1.29, 1.82) is 0 Å². The van der Waals surface area contributed by atoms with E-state index in [-0.39, 0.29) is 11.4 Å². The molecule has 1 rings (SSSR count). The number of hydrogen-bond acceptors (Lipinski definition) is 3. The van der Waals surface area contributed by atoms with Gasteiger partial charge in [0.15, 0.2) is 0 Å². The first-order chi connectivity index (χ1) is 5.11. The summed E-state index contributed by atoms with van der Waals surface area (Å²) in [7, 11) is 0. The molecule has 0 atom stereocenters. The summed E-state index contributed by atoms with van der Waals surface area (Å²) in [6.07, 6.45) is 0. The van der Waals surface area contributed by atoms with Crippen molar-refractivity contribution < 1.29 is 4.79 Å². The van der Waals surface area contributed by atoms with E-state index >= 15 is 0 Å². The summed E-state index contributed by atoms with van der Waals surface area (Å²) in [5, 5.41) is 0. The highest BCUT2D eigenvalue weighted by molar-refractivity contribution is 9.10. The molecule has 0 aromatic carbocycles. The lowest BCUT2D eigenvalue weighted by molar-refractivity contribution is 0.100. The number of rotatable bonds is 1. The molecule has 0 saturated heterocycles. The van der Waals surface area contributed by atoms with Crippen LogP contribution in [0.15, 0.2) is 16.7 Å². The van der Waals surface area contributed by atoms with E-state index < -0.39 is 5.91 Å². The van der Waals surface area contributed by atoms with Crippen LogP contribution < -0.4 is 11.5 Å². The third-order valence-corrected chi connectivity index (χ3v) is 1.60. The highest BCUT2D eigenvalue weighted by Crippen LogP contribution is 2.12. The first-order valence-electron chi connectivity index (χ1n) is 2.83. The maximum Gasteiger partial charge on any atom is 0.252 e. The molecule has 0 saturated carbocycles. The fraction of sp³-hybridized carbons (Fsp3) is 0. The zero-order valence-electron chi connectivity index (χ0n) is 5.54. The van der Waals surface area contributed by atoms with E-state index in [2.05, 4.69) is 20.9 Å². The molecule has 0 aliphatic heterocycles. The Balaban J connectivity index is 3.20. The molecule has 0 bridgehead atoms. The summed E-state index contributed by atoms with van der Waals surface area (Å²) in [5.41, 5.74) is 10.6. The molecule has 4 nitrogen and oxygen atoms in total. The lowest BCUT2D eigenvalue weighted by atomic mass is 10.2. The fourth-order valence-corrected chi connectivity index (χ4v) is 0.982. The summed E-state index contributed by atoms with van der Waals surface area (Å²) < 4.78 is 0.583. The average Bonchev–Trinajstić information content (AvgIpc) is 1.85. The van der Waals surface area contributed by atoms with Gasteiger partial charge in [-0.1, -0.05) is 0 Å². The summed E-state index contributed by atoms with van der Waals surface area (Å²) >= 11 is 3.10. The topological polar surface area (TPSA) is 82.0 Å². The van der Waals surface area contributed by atoms with Crippen molar-refractivity contribution in [2.75, 3.05) is 5.73 Å². The number of halogens is 1. The van der Waals surface area contributed by atoms with Gasteiger partial charge in [-0.2, -0.15) is 0 Å². The highest BCUT2D eigenvalue weighted by atomic mass is 79.9. The summed E-state index contributed by atoms with van der Waals surface area (Å²) in [6, 6.07) is 3.13. The van der Waals surface area contributed by atoms with E-state index in [9.17, 15) is 4.79 Å². The maximum absolute atomic E-state index is 10.6. The Morgan fingerprint density at radius 1 is 1.55 bits per heavy atom. The monoisotopic (exact) mass is 215 g/mol. The smallest absolute Gasteiger partial charge is 0.252 e. The van der Waals surface area contributed by atoms with Gasteiger partial charge >= 0.3 is 0 Å². The van der Waals surface area contributed by atoms with Gasteiger partial charge < -0.3 is 11.5 Å². The second-order valence-corrected chi connectivity index (χ2v) is 2.74. The molecular weight excluding hydrogens is 210 g/mol. The molecule has 0 aliphatic rings. The number of primary amides is 1. The van der Waals surface area contributed by atoms with E-state index in [0.29, 0.717) is 4.60 Å². The standard InChI is InChI=1S/C6H6BrN3O/c7-4-2-1-3(6(9)11)5(8)10-4/h1-2H,(H2,8,10)(H2,9,11). The summed E-state index contributed by atoms with van der Waals surface area (Å²) in [4.78, 5) is 14.4. The molecule has 0 unspecified atom stereocenters. The minimum absolute atomic E-state index is 0.145. The lowest BCUT2D eigenvalue weighted by Crippen LogP contribution is -2.14. The molecule has 11 heavy (non-hydrogen) atoms. The Morgan fingerprint density at radius 3 is 2.64 bits per heavy atom. The third kappa shape index (κ3) is 1.68. The molecule has 0 radical (unpaired) electrons. The van der Waals surface area contributed by atoms with Gasteiger partial charge in [-0.15, -0.1) is 0 Å². The number of carbonyl (C=O) groups is 1. The van der Waals surface area contributed by atoms with Crippen LogP contribution in [0.25, 0.3) is 0 Å². The van der Waals surface area contributed by atoms with Gasteiger partial charge in [0.25, 0.3) is 5.91 Å². The maximum atomic E-state index is 10.6. The number of hydrogen-bond donors (Lipinski definition) is 2. The summed E-state index contributed by atoms with van der Waals surface area (Å²) in [5.74, 6) is -0.422. The van der Waals surface area contributed by atoms with Gasteiger partial charge in [0, 0.05) is 0 Å². The van der Waals surface area contributed by atoms with Gasteiger partial charge in [-0.3, -0.25) is 4.79 Å². The van der Waals surface area contributed by atoms with Crippen LogP contribution in [0.3, 0.4) is 0 Å². The van der Waals surface area contributed by atoms with Crippen LogP contribution in [-0.4, -0.2) is 10.9 Å². The molecule has 0 spiro atoms. The van der Waals surface area contributed by atoms with Crippen LogP contribution in [0.1, 0.15) is 10.4 Å². The molecule has 1 heterocycles. The van der Waals surface area contributed by atoms with Crippen molar-refractivity contribution in [2.24, 2.45) is 5.73 Å². The van der Waals surface area contributed by atoms with Gasteiger partial charge in [0.2, 0.25) is 0 Å². The number of carbonyl (C=O) groups excluding carboxylic acids is 1. The van der Waals surface area contributed by atoms with Crippen molar-refractivity contribution in [3.05, 3.63) is 22.3 Å². The predicted octanol–water partition coefficient (Wildman–Crippen LogP) is 0.525. The third-order valence-electron chi connectivity index (χ3n) is 1.16. The fourth-order valence-electron chi connectivity index (χ4n) is 0.658. The molecule has 0 aliphatic carbocycles. The molecule has 5 heteroatoms. The first-order valence-corrected chi connectivity index (χ1v) is 3.62. The molecule has 58 valence electrons. The van der Waals surface area contributed by atoms with E-state index in [4.69, 9.17) is 11.5 Å². The van der Waals surface area contributed by atoms with Gasteiger partial charge in [-0.25, -0.2) is 4.98 Å². The highest BCUT2D eigenvalue weighted by Gasteiger charge is 2.05. The molecule has 1 amide bonds. The van der Waals surface area contributed by atoms with Crippen molar-refractivity contribution >= 4 is 27.7 Å². The van der Waals surface area contributed by atoms with Gasteiger partial charge in [0.05, 0.1) is 5.56 Å². The minimum Gasteiger partial charge on any atom is -0.383 e. The minimum atomic E-state index is -0.567. The van der Waals surface area contributed by atoms with E-state index in [0.717, 1.165) is 0 Å². The average molecular weight is 216 g/mol. The van der Waals surface area contributed by atoms with Gasteiger partial charge in [0.1, 0.15) is 10.4 Å². The number of anilines is 1. The number of aromatic nitrogens is 1. The summed E-state index contributed by atoms with van der Waals surface area (Å²) in [6.45, 7) is 0. The van der Waals surface area contributed by atoms with Gasteiger partial charge in [-0.05, 0) is 28.1 Å². The van der Waals surface area contributed by atoms with Crippen LogP contribution in [0.4, 0.5) is 5.82 Å². The Morgan fingerprint density at radius 2 is 2.18 bits per heavy atom. The van der Waals surface area contributed by atoms with E-state index in [1.165, 1.54) is 6.07 Å². The zero-order valence-corrected chi connectivity index (χ0v) is 7.13. The second kappa shape index (κ2) is 2.87. The Hall–Kier alpha value is -1.10. The Kier molecular flexibility index (Phi) is 2.09. The second-order valence-electron chi connectivity index (χ2n) is 1.93. The quantitative estimate of drug-likeness (QED) is 0.671. The molecule has 1 aromatic rings. The Labute approximate surface area is 71.7 Å². The normalized spacial score (nSPS) is 9.55. The van der Waals surface area contributed by atoms with E-state index in [1.807, 2.05) is 0 Å². The van der Waals surface area contributed by atoms with Crippen LogP contribution in [-0.2, 0) is 0 Å². The number of nitrogens with two attached hydrogens (primary N) is 2. The molecule has 4 N–H and O–H groups in total. The largest absolute Gasteiger partial charge is 0.383 e. The first kappa shape index (κ1) is 8.00. The van der Waals surface area contributed by atoms with Crippen molar-refractivity contribution in [1.82, 2.24) is 4.98 Å². The molecular formula is C6H6BrN3O. The zero-order chi connectivity index (χ0) is 8.43. The molecule has 1 aromatic heterocycles. The van der Waals surface area contributed by atoms with Crippen molar-refractivity contribution in [3.8, 4) is 0 Å². The van der Waals surface area contributed by atoms with Crippen LogP contribution in [0, 0.1) is 0 Å². The number of pyridine rings is 1.